The van der Waals surface area contributed by atoms with Crippen LogP contribution in [0.5, 0.6) is 0 Å². The molecule has 0 heterocycles. The lowest BCUT2D eigenvalue weighted by Crippen LogP contribution is -2.16. The van der Waals surface area contributed by atoms with Gasteiger partial charge < -0.3 is 5.32 Å². The molecule has 19 heavy (non-hydrogen) atoms. The van der Waals surface area contributed by atoms with E-state index in [9.17, 15) is 0 Å². The molecule has 108 valence electrons. The van der Waals surface area contributed by atoms with Crippen molar-refractivity contribution in [2.24, 2.45) is 0 Å². The van der Waals surface area contributed by atoms with Gasteiger partial charge in [0.15, 0.2) is 0 Å². The van der Waals surface area contributed by atoms with E-state index in [2.05, 4.69) is 37.4 Å². The first-order chi connectivity index (χ1) is 9.19. The molecule has 0 aliphatic heterocycles. The van der Waals surface area contributed by atoms with Crippen LogP contribution >= 0.6 is 11.6 Å². The summed E-state index contributed by atoms with van der Waals surface area (Å²) in [5, 5.41) is 4.29. The molecule has 0 spiro atoms. The van der Waals surface area contributed by atoms with Gasteiger partial charge >= 0.3 is 0 Å². The first-order valence-corrected chi connectivity index (χ1v) is 8.00. The average Bonchev–Trinajstić information content (AvgIpc) is 2.39. The van der Waals surface area contributed by atoms with Crippen LogP contribution in [0.2, 0.25) is 5.02 Å². The van der Waals surface area contributed by atoms with Crippen LogP contribution in [0.25, 0.3) is 0 Å². The summed E-state index contributed by atoms with van der Waals surface area (Å²) in [5.74, 6) is 0. The largest absolute Gasteiger partial charge is 0.313 e. The summed E-state index contributed by atoms with van der Waals surface area (Å²) in [5.41, 5.74) is 2.46. The first kappa shape index (κ1) is 16.5. The Bertz CT molecular complexity index is 362. The molecule has 1 nitrogen and oxygen atoms in total. The van der Waals surface area contributed by atoms with Crippen molar-refractivity contribution in [3.8, 4) is 0 Å². The van der Waals surface area contributed by atoms with Crippen molar-refractivity contribution >= 4 is 11.6 Å². The second kappa shape index (κ2) is 9.39. The molecule has 0 radical (unpaired) electrons. The monoisotopic (exact) mass is 281 g/mol. The molecular formula is C17H28ClN. The quantitative estimate of drug-likeness (QED) is 0.576. The molecule has 1 unspecified atom stereocenters. The minimum atomic E-state index is 0.388. The third-order valence-electron chi connectivity index (χ3n) is 3.73. The topological polar surface area (TPSA) is 12.0 Å². The Balaban J connectivity index is 2.40. The van der Waals surface area contributed by atoms with Crippen molar-refractivity contribution < 1.29 is 0 Å². The Hall–Kier alpha value is -0.530. The van der Waals surface area contributed by atoms with Crippen molar-refractivity contribution in [3.05, 3.63) is 34.3 Å². The van der Waals surface area contributed by atoms with Crippen LogP contribution in [0.15, 0.2) is 18.2 Å². The van der Waals surface area contributed by atoms with Gasteiger partial charge in [-0.3, -0.25) is 0 Å². The number of unbranched alkanes of at least 4 members (excludes halogenated alkanes) is 5. The van der Waals surface area contributed by atoms with Crippen LogP contribution < -0.4 is 5.32 Å². The number of hydrogen-bond acceptors (Lipinski definition) is 1. The van der Waals surface area contributed by atoms with Crippen LogP contribution in [-0.4, -0.2) is 7.05 Å². The van der Waals surface area contributed by atoms with E-state index in [0.29, 0.717) is 6.04 Å². The Morgan fingerprint density at radius 1 is 1.11 bits per heavy atom. The fourth-order valence-electron chi connectivity index (χ4n) is 2.50. The summed E-state index contributed by atoms with van der Waals surface area (Å²) in [4.78, 5) is 0. The van der Waals surface area contributed by atoms with Crippen LogP contribution in [-0.2, 0) is 0 Å². The smallest absolute Gasteiger partial charge is 0.0456 e. The van der Waals surface area contributed by atoms with Crippen molar-refractivity contribution in [1.29, 1.82) is 0 Å². The Morgan fingerprint density at radius 2 is 1.79 bits per heavy atom. The van der Waals surface area contributed by atoms with E-state index in [-0.39, 0.29) is 0 Å². The molecule has 1 aromatic rings. The van der Waals surface area contributed by atoms with E-state index in [1.54, 1.807) is 0 Å². The van der Waals surface area contributed by atoms with E-state index in [1.807, 2.05) is 7.05 Å². The highest BCUT2D eigenvalue weighted by atomic mass is 35.5. The number of halogens is 1. The van der Waals surface area contributed by atoms with Crippen molar-refractivity contribution in [1.82, 2.24) is 5.32 Å². The van der Waals surface area contributed by atoms with Gasteiger partial charge in [-0.2, -0.15) is 0 Å². The standard InChI is InChI=1S/C17H28ClN/c1-4-5-6-7-8-9-10-17(19-3)15-12-11-14(2)13-16(15)18/h11-13,17,19H,4-10H2,1-3H3. The van der Waals surface area contributed by atoms with Crippen LogP contribution in [0.4, 0.5) is 0 Å². The predicted octanol–water partition coefficient (Wildman–Crippen LogP) is 5.66. The van der Waals surface area contributed by atoms with Gasteiger partial charge in [-0.15, -0.1) is 0 Å². The lowest BCUT2D eigenvalue weighted by molar-refractivity contribution is 0.498. The highest BCUT2D eigenvalue weighted by molar-refractivity contribution is 6.31. The summed E-state index contributed by atoms with van der Waals surface area (Å²) >= 11 is 6.34. The molecule has 0 aromatic heterocycles. The maximum absolute atomic E-state index is 6.34. The van der Waals surface area contributed by atoms with Crippen molar-refractivity contribution in [2.75, 3.05) is 7.05 Å². The fourth-order valence-corrected chi connectivity index (χ4v) is 2.87. The van der Waals surface area contributed by atoms with Gasteiger partial charge in [-0.05, 0) is 37.6 Å². The molecule has 1 N–H and O–H groups in total. The van der Waals surface area contributed by atoms with E-state index in [0.717, 1.165) is 5.02 Å². The minimum absolute atomic E-state index is 0.388. The number of benzene rings is 1. The number of aryl methyl sites for hydroxylation is 1. The van der Waals surface area contributed by atoms with Crippen LogP contribution in [0.3, 0.4) is 0 Å². The zero-order chi connectivity index (χ0) is 14.1. The van der Waals surface area contributed by atoms with Crippen molar-refractivity contribution in [3.63, 3.8) is 0 Å². The van der Waals surface area contributed by atoms with E-state index < -0.39 is 0 Å². The summed E-state index contributed by atoms with van der Waals surface area (Å²) in [6.07, 6.45) is 9.22. The second-order valence-electron chi connectivity index (χ2n) is 5.42. The SMILES string of the molecule is CCCCCCCCC(NC)c1ccc(C)cc1Cl. The third kappa shape index (κ3) is 5.97. The minimum Gasteiger partial charge on any atom is -0.313 e. The molecule has 0 bridgehead atoms. The summed E-state index contributed by atoms with van der Waals surface area (Å²) in [6.45, 7) is 4.34. The lowest BCUT2D eigenvalue weighted by atomic mass is 9.99. The van der Waals surface area contributed by atoms with E-state index >= 15 is 0 Å². The number of rotatable bonds is 9. The summed E-state index contributed by atoms with van der Waals surface area (Å²) in [6, 6.07) is 6.75. The molecule has 1 atom stereocenters. The molecular weight excluding hydrogens is 254 g/mol. The second-order valence-corrected chi connectivity index (χ2v) is 5.83. The fraction of sp³-hybridized carbons (Fsp3) is 0.647. The van der Waals surface area contributed by atoms with Gasteiger partial charge in [0, 0.05) is 11.1 Å². The summed E-state index contributed by atoms with van der Waals surface area (Å²) in [7, 11) is 2.03. The first-order valence-electron chi connectivity index (χ1n) is 7.62. The maximum Gasteiger partial charge on any atom is 0.0456 e. The Morgan fingerprint density at radius 3 is 2.42 bits per heavy atom. The molecule has 0 fully saturated rings. The molecule has 2 heteroatoms. The van der Waals surface area contributed by atoms with Gasteiger partial charge in [0.05, 0.1) is 0 Å². The zero-order valence-electron chi connectivity index (χ0n) is 12.6. The third-order valence-corrected chi connectivity index (χ3v) is 4.05. The molecule has 0 saturated heterocycles. The highest BCUT2D eigenvalue weighted by Crippen LogP contribution is 2.27. The highest BCUT2D eigenvalue weighted by Gasteiger charge is 2.12. The molecule has 0 aliphatic rings. The van der Waals surface area contributed by atoms with Gasteiger partial charge in [-0.25, -0.2) is 0 Å². The number of nitrogens with one attached hydrogen (secondary N) is 1. The lowest BCUT2D eigenvalue weighted by Gasteiger charge is -2.18. The molecule has 0 amide bonds. The summed E-state index contributed by atoms with van der Waals surface area (Å²) < 4.78 is 0. The van der Waals surface area contributed by atoms with Crippen LogP contribution in [0, 0.1) is 6.92 Å². The molecule has 1 rings (SSSR count). The average molecular weight is 282 g/mol. The van der Waals surface area contributed by atoms with Crippen molar-refractivity contribution in [2.45, 2.75) is 64.8 Å². The normalized spacial score (nSPS) is 12.6. The van der Waals surface area contributed by atoms with E-state index in [1.165, 1.54) is 56.1 Å². The zero-order valence-corrected chi connectivity index (χ0v) is 13.4. The van der Waals surface area contributed by atoms with E-state index in [4.69, 9.17) is 11.6 Å². The van der Waals surface area contributed by atoms with Crippen LogP contribution in [0.1, 0.15) is 69.0 Å². The van der Waals surface area contributed by atoms with Gasteiger partial charge in [0.25, 0.3) is 0 Å². The molecule has 0 aliphatic carbocycles. The Kier molecular flexibility index (Phi) is 8.16. The Labute approximate surface area is 123 Å². The predicted molar refractivity (Wildman–Crippen MR) is 86.0 cm³/mol. The van der Waals surface area contributed by atoms with Gasteiger partial charge in [0.1, 0.15) is 0 Å². The van der Waals surface area contributed by atoms with Gasteiger partial charge in [-0.1, -0.05) is 69.2 Å². The maximum atomic E-state index is 6.34. The van der Waals surface area contributed by atoms with Gasteiger partial charge in [0.2, 0.25) is 0 Å². The molecule has 1 aromatic carbocycles. The molecule has 0 saturated carbocycles. The number of hydrogen-bond donors (Lipinski definition) is 1.